The number of carbonyl (C=O) groups excluding carboxylic acids is 2. The number of piperazine rings is 1. The molecule has 3 rings (SSSR count). The molecule has 2 aromatic rings. The molecule has 0 aromatic carbocycles. The quantitative estimate of drug-likeness (QED) is 0.768. The van der Waals surface area contributed by atoms with Crippen molar-refractivity contribution in [3.8, 4) is 0 Å². The van der Waals surface area contributed by atoms with Gasteiger partial charge in [-0.25, -0.2) is 0 Å². The van der Waals surface area contributed by atoms with Crippen molar-refractivity contribution in [1.82, 2.24) is 15.1 Å². The maximum absolute atomic E-state index is 12.3. The van der Waals surface area contributed by atoms with Crippen LogP contribution in [0.15, 0.2) is 40.3 Å². The lowest BCUT2D eigenvalue weighted by Gasteiger charge is -2.34. The SMILES string of the molecule is O=C(NCCCC(=O)N1CCN(Cc2ccco2)CC1)c1cccs1. The zero-order chi connectivity index (χ0) is 17.5. The summed E-state index contributed by atoms with van der Waals surface area (Å²) in [5.74, 6) is 1.07. The van der Waals surface area contributed by atoms with Gasteiger partial charge >= 0.3 is 0 Å². The molecule has 0 radical (unpaired) electrons. The Kier molecular flexibility index (Phi) is 6.25. The molecule has 25 heavy (non-hydrogen) atoms. The van der Waals surface area contributed by atoms with Gasteiger partial charge in [0.2, 0.25) is 5.91 Å². The van der Waals surface area contributed by atoms with Crippen LogP contribution in [0.3, 0.4) is 0 Å². The molecule has 6 nitrogen and oxygen atoms in total. The fourth-order valence-electron chi connectivity index (χ4n) is 2.87. The molecule has 2 aromatic heterocycles. The Balaban J connectivity index is 1.31. The van der Waals surface area contributed by atoms with E-state index in [2.05, 4.69) is 10.2 Å². The van der Waals surface area contributed by atoms with Gasteiger partial charge in [0.15, 0.2) is 0 Å². The molecule has 134 valence electrons. The lowest BCUT2D eigenvalue weighted by molar-refractivity contribution is -0.133. The van der Waals surface area contributed by atoms with Crippen molar-refractivity contribution in [1.29, 1.82) is 0 Å². The summed E-state index contributed by atoms with van der Waals surface area (Å²) < 4.78 is 5.37. The first-order valence-electron chi connectivity index (χ1n) is 8.56. The summed E-state index contributed by atoms with van der Waals surface area (Å²) in [6.45, 7) is 4.55. The summed E-state index contributed by atoms with van der Waals surface area (Å²) in [5, 5.41) is 4.74. The normalized spacial score (nSPS) is 15.3. The van der Waals surface area contributed by atoms with Gasteiger partial charge in [-0.2, -0.15) is 0 Å². The summed E-state index contributed by atoms with van der Waals surface area (Å²) in [7, 11) is 0. The Bertz CT molecular complexity index is 662. The summed E-state index contributed by atoms with van der Waals surface area (Å²) in [5.41, 5.74) is 0. The van der Waals surface area contributed by atoms with Gasteiger partial charge in [-0.3, -0.25) is 14.5 Å². The highest BCUT2D eigenvalue weighted by Crippen LogP contribution is 2.11. The minimum Gasteiger partial charge on any atom is -0.468 e. The van der Waals surface area contributed by atoms with E-state index < -0.39 is 0 Å². The number of nitrogens with zero attached hydrogens (tertiary/aromatic N) is 2. The molecule has 0 spiro atoms. The van der Waals surface area contributed by atoms with E-state index in [1.165, 1.54) is 11.3 Å². The van der Waals surface area contributed by atoms with Crippen LogP contribution in [-0.4, -0.2) is 54.3 Å². The highest BCUT2D eigenvalue weighted by atomic mass is 32.1. The molecule has 0 bridgehead atoms. The van der Waals surface area contributed by atoms with E-state index in [1.807, 2.05) is 28.5 Å². The minimum absolute atomic E-state index is 0.0611. The predicted molar refractivity (Wildman–Crippen MR) is 96.5 cm³/mol. The highest BCUT2D eigenvalue weighted by molar-refractivity contribution is 7.12. The first-order valence-corrected chi connectivity index (χ1v) is 9.44. The third-order valence-corrected chi connectivity index (χ3v) is 5.15. The van der Waals surface area contributed by atoms with Crippen molar-refractivity contribution in [3.05, 3.63) is 46.5 Å². The standard InChI is InChI=1S/C18H23N3O3S/c22-17(6-1-7-19-18(23)16-5-3-13-25-16)21-10-8-20(9-11-21)14-15-4-2-12-24-15/h2-5,12-13H,1,6-11,14H2,(H,19,23). The van der Waals surface area contributed by atoms with Crippen molar-refractivity contribution >= 4 is 23.2 Å². The van der Waals surface area contributed by atoms with Crippen LogP contribution >= 0.6 is 11.3 Å². The molecule has 1 aliphatic heterocycles. The number of hydrogen-bond donors (Lipinski definition) is 1. The largest absolute Gasteiger partial charge is 0.468 e. The zero-order valence-electron chi connectivity index (χ0n) is 14.1. The van der Waals surface area contributed by atoms with E-state index in [0.717, 1.165) is 38.5 Å². The van der Waals surface area contributed by atoms with E-state index in [-0.39, 0.29) is 11.8 Å². The monoisotopic (exact) mass is 361 g/mol. The van der Waals surface area contributed by atoms with Gasteiger partial charge < -0.3 is 14.6 Å². The van der Waals surface area contributed by atoms with Crippen molar-refractivity contribution in [2.75, 3.05) is 32.7 Å². The van der Waals surface area contributed by atoms with E-state index in [4.69, 9.17) is 4.42 Å². The lowest BCUT2D eigenvalue weighted by Crippen LogP contribution is -2.48. The second-order valence-electron chi connectivity index (χ2n) is 6.07. The lowest BCUT2D eigenvalue weighted by atomic mass is 10.2. The van der Waals surface area contributed by atoms with Gasteiger partial charge in [-0.15, -0.1) is 11.3 Å². The van der Waals surface area contributed by atoms with Gasteiger partial charge in [0, 0.05) is 39.1 Å². The number of amides is 2. The molecule has 1 saturated heterocycles. The number of carbonyl (C=O) groups is 2. The van der Waals surface area contributed by atoms with E-state index in [1.54, 1.807) is 12.3 Å². The summed E-state index contributed by atoms with van der Waals surface area (Å²) in [6.07, 6.45) is 2.83. The Labute approximate surface area is 151 Å². The average molecular weight is 361 g/mol. The Hall–Kier alpha value is -2.12. The van der Waals surface area contributed by atoms with E-state index in [0.29, 0.717) is 24.3 Å². The second-order valence-corrected chi connectivity index (χ2v) is 7.02. The van der Waals surface area contributed by atoms with Crippen LogP contribution < -0.4 is 5.32 Å². The fraction of sp³-hybridized carbons (Fsp3) is 0.444. The molecule has 0 saturated carbocycles. The number of nitrogens with one attached hydrogen (secondary N) is 1. The van der Waals surface area contributed by atoms with Gasteiger partial charge in [0.25, 0.3) is 5.91 Å². The molecule has 7 heteroatoms. The highest BCUT2D eigenvalue weighted by Gasteiger charge is 2.21. The van der Waals surface area contributed by atoms with Gasteiger partial charge in [0.05, 0.1) is 17.7 Å². The van der Waals surface area contributed by atoms with Crippen molar-refractivity contribution in [3.63, 3.8) is 0 Å². The zero-order valence-corrected chi connectivity index (χ0v) is 15.0. The van der Waals surface area contributed by atoms with E-state index >= 15 is 0 Å². The van der Waals surface area contributed by atoms with Crippen molar-refractivity contribution in [2.24, 2.45) is 0 Å². The smallest absolute Gasteiger partial charge is 0.261 e. The molecular formula is C18H23N3O3S. The average Bonchev–Trinajstić information content (AvgIpc) is 3.32. The molecule has 1 N–H and O–H groups in total. The van der Waals surface area contributed by atoms with Crippen LogP contribution in [0.25, 0.3) is 0 Å². The number of hydrogen-bond acceptors (Lipinski definition) is 5. The maximum atomic E-state index is 12.3. The maximum Gasteiger partial charge on any atom is 0.261 e. The Morgan fingerprint density at radius 2 is 2.00 bits per heavy atom. The fourth-order valence-corrected chi connectivity index (χ4v) is 3.51. The molecular weight excluding hydrogens is 338 g/mol. The van der Waals surface area contributed by atoms with Crippen LogP contribution in [0.2, 0.25) is 0 Å². The second kappa shape index (κ2) is 8.82. The third kappa shape index (κ3) is 5.17. The van der Waals surface area contributed by atoms with Gasteiger partial charge in [-0.1, -0.05) is 6.07 Å². The molecule has 3 heterocycles. The number of rotatable bonds is 7. The first-order chi connectivity index (χ1) is 12.2. The van der Waals surface area contributed by atoms with Crippen molar-refractivity contribution < 1.29 is 14.0 Å². The van der Waals surface area contributed by atoms with Crippen LogP contribution in [0.5, 0.6) is 0 Å². The molecule has 0 atom stereocenters. The first kappa shape index (κ1) is 17.7. The van der Waals surface area contributed by atoms with Gasteiger partial charge in [0.1, 0.15) is 5.76 Å². The summed E-state index contributed by atoms with van der Waals surface area (Å²) in [6, 6.07) is 7.52. The molecule has 2 amide bonds. The molecule has 0 aliphatic carbocycles. The van der Waals surface area contributed by atoms with Crippen LogP contribution in [0, 0.1) is 0 Å². The third-order valence-electron chi connectivity index (χ3n) is 4.28. The molecule has 0 unspecified atom stereocenters. The summed E-state index contributed by atoms with van der Waals surface area (Å²) >= 11 is 1.42. The van der Waals surface area contributed by atoms with Gasteiger partial charge in [-0.05, 0) is 30.0 Å². The summed E-state index contributed by atoms with van der Waals surface area (Å²) in [4.78, 5) is 29.0. The topological polar surface area (TPSA) is 65.8 Å². The Morgan fingerprint density at radius 1 is 1.16 bits per heavy atom. The van der Waals surface area contributed by atoms with Crippen LogP contribution in [0.1, 0.15) is 28.3 Å². The van der Waals surface area contributed by atoms with Crippen LogP contribution in [0.4, 0.5) is 0 Å². The number of thiophene rings is 1. The van der Waals surface area contributed by atoms with E-state index in [9.17, 15) is 9.59 Å². The predicted octanol–water partition coefficient (Wildman–Crippen LogP) is 2.20. The Morgan fingerprint density at radius 3 is 2.68 bits per heavy atom. The molecule has 1 fully saturated rings. The minimum atomic E-state index is -0.0611. The molecule has 1 aliphatic rings. The number of furan rings is 1. The van der Waals surface area contributed by atoms with Crippen LogP contribution in [-0.2, 0) is 11.3 Å². The van der Waals surface area contributed by atoms with Crippen molar-refractivity contribution in [2.45, 2.75) is 19.4 Å².